The second kappa shape index (κ2) is 9.30. The fourth-order valence-corrected chi connectivity index (χ4v) is 5.13. The lowest BCUT2D eigenvalue weighted by atomic mass is 10.1. The van der Waals surface area contributed by atoms with Crippen LogP contribution in [0.2, 0.25) is 0 Å². The smallest absolute Gasteiger partial charge is 0.232 e. The molecule has 2 aliphatic rings. The van der Waals surface area contributed by atoms with Crippen LogP contribution in [0.25, 0.3) is 0 Å². The number of rotatable bonds is 7. The molecule has 1 atom stereocenters. The quantitative estimate of drug-likeness (QED) is 0.639. The number of fused-ring (bicyclic) bond motifs is 1. The van der Waals surface area contributed by atoms with Crippen LogP contribution in [0.1, 0.15) is 25.3 Å². The third kappa shape index (κ3) is 5.05. The molecular formula is C23H27N3O6S. The molecule has 4 rings (SSSR count). The van der Waals surface area contributed by atoms with Crippen LogP contribution in [-0.2, 0) is 19.6 Å². The first-order chi connectivity index (χ1) is 15.8. The molecule has 2 N–H and O–H groups in total. The molecule has 0 spiro atoms. The van der Waals surface area contributed by atoms with E-state index < -0.39 is 15.9 Å². The standard InChI is InChI=1S/C23H27N3O6S/c1-3-11-33(29,30)25-19-6-4-5-18(15(19)2)24-23(28)16-12-22(27)26(14-16)17-7-8-20-21(13-17)32-10-9-31-20/h4-8,13,16,25H,3,9-12,14H2,1-2H3,(H,24,28). The van der Waals surface area contributed by atoms with Crippen LogP contribution >= 0.6 is 0 Å². The van der Waals surface area contributed by atoms with Gasteiger partial charge >= 0.3 is 0 Å². The summed E-state index contributed by atoms with van der Waals surface area (Å²) in [4.78, 5) is 27.2. The van der Waals surface area contributed by atoms with E-state index >= 15 is 0 Å². The van der Waals surface area contributed by atoms with Crippen molar-refractivity contribution in [2.24, 2.45) is 5.92 Å². The summed E-state index contributed by atoms with van der Waals surface area (Å²) in [6.07, 6.45) is 0.586. The van der Waals surface area contributed by atoms with Crippen molar-refractivity contribution in [3.05, 3.63) is 42.0 Å². The number of benzene rings is 2. The molecule has 0 aromatic heterocycles. The van der Waals surface area contributed by atoms with Crippen molar-refractivity contribution in [3.63, 3.8) is 0 Å². The van der Waals surface area contributed by atoms with Gasteiger partial charge in [0.1, 0.15) is 13.2 Å². The van der Waals surface area contributed by atoms with Gasteiger partial charge in [0.25, 0.3) is 0 Å². The highest BCUT2D eigenvalue weighted by Gasteiger charge is 2.36. The zero-order chi connectivity index (χ0) is 23.6. The zero-order valence-corrected chi connectivity index (χ0v) is 19.4. The molecule has 2 heterocycles. The lowest BCUT2D eigenvalue weighted by Gasteiger charge is -2.22. The lowest BCUT2D eigenvalue weighted by Crippen LogP contribution is -2.28. The average Bonchev–Trinajstić information content (AvgIpc) is 3.17. The largest absolute Gasteiger partial charge is 0.486 e. The van der Waals surface area contributed by atoms with Crippen LogP contribution in [0.5, 0.6) is 11.5 Å². The molecular weight excluding hydrogens is 446 g/mol. The monoisotopic (exact) mass is 473 g/mol. The van der Waals surface area contributed by atoms with E-state index in [0.717, 1.165) is 0 Å². The molecule has 10 heteroatoms. The fraction of sp³-hybridized carbons (Fsp3) is 0.391. The van der Waals surface area contributed by atoms with Crippen molar-refractivity contribution in [3.8, 4) is 11.5 Å². The molecule has 2 aliphatic heterocycles. The highest BCUT2D eigenvalue weighted by Crippen LogP contribution is 2.36. The van der Waals surface area contributed by atoms with Gasteiger partial charge in [0.15, 0.2) is 11.5 Å². The summed E-state index contributed by atoms with van der Waals surface area (Å²) >= 11 is 0. The van der Waals surface area contributed by atoms with E-state index in [1.165, 1.54) is 0 Å². The van der Waals surface area contributed by atoms with Crippen LogP contribution in [0.15, 0.2) is 36.4 Å². The second-order valence-corrected chi connectivity index (χ2v) is 9.96. The Morgan fingerprint density at radius 3 is 2.61 bits per heavy atom. The topological polar surface area (TPSA) is 114 Å². The number of nitrogens with zero attached hydrogens (tertiary/aromatic N) is 1. The zero-order valence-electron chi connectivity index (χ0n) is 18.6. The van der Waals surface area contributed by atoms with Crippen molar-refractivity contribution in [1.82, 2.24) is 0 Å². The summed E-state index contributed by atoms with van der Waals surface area (Å²) in [7, 11) is -3.45. The highest BCUT2D eigenvalue weighted by atomic mass is 32.2. The molecule has 0 bridgehead atoms. The van der Waals surface area contributed by atoms with E-state index in [4.69, 9.17) is 9.47 Å². The Morgan fingerprint density at radius 2 is 1.85 bits per heavy atom. The normalized spacial score (nSPS) is 17.7. The maximum Gasteiger partial charge on any atom is 0.232 e. The van der Waals surface area contributed by atoms with Crippen molar-refractivity contribution in [2.45, 2.75) is 26.7 Å². The molecule has 0 aliphatic carbocycles. The summed E-state index contributed by atoms with van der Waals surface area (Å²) in [6, 6.07) is 10.3. The van der Waals surface area contributed by atoms with E-state index in [9.17, 15) is 18.0 Å². The summed E-state index contributed by atoms with van der Waals surface area (Å²) in [6.45, 7) is 4.70. The van der Waals surface area contributed by atoms with Gasteiger partial charge < -0.3 is 19.7 Å². The van der Waals surface area contributed by atoms with E-state index in [2.05, 4.69) is 10.0 Å². The van der Waals surface area contributed by atoms with Crippen LogP contribution < -0.4 is 24.4 Å². The van der Waals surface area contributed by atoms with Crippen LogP contribution in [0, 0.1) is 12.8 Å². The van der Waals surface area contributed by atoms with Gasteiger partial charge in [-0.25, -0.2) is 8.42 Å². The number of ether oxygens (including phenoxy) is 2. The Balaban J connectivity index is 1.45. The molecule has 33 heavy (non-hydrogen) atoms. The molecule has 2 amide bonds. The predicted molar refractivity (Wildman–Crippen MR) is 125 cm³/mol. The van der Waals surface area contributed by atoms with E-state index in [-0.39, 0.29) is 30.5 Å². The summed E-state index contributed by atoms with van der Waals surface area (Å²) in [5.41, 5.74) is 2.19. The van der Waals surface area contributed by atoms with Gasteiger partial charge in [0.2, 0.25) is 21.8 Å². The van der Waals surface area contributed by atoms with Crippen molar-refractivity contribution in [1.29, 1.82) is 0 Å². The first-order valence-electron chi connectivity index (χ1n) is 10.9. The summed E-state index contributed by atoms with van der Waals surface area (Å²) in [5, 5.41) is 2.86. The van der Waals surface area contributed by atoms with Gasteiger partial charge in [0.05, 0.1) is 17.4 Å². The highest BCUT2D eigenvalue weighted by molar-refractivity contribution is 7.92. The minimum Gasteiger partial charge on any atom is -0.486 e. The number of nitrogens with one attached hydrogen (secondary N) is 2. The maximum absolute atomic E-state index is 12.9. The van der Waals surface area contributed by atoms with Gasteiger partial charge in [0, 0.05) is 30.4 Å². The summed E-state index contributed by atoms with van der Waals surface area (Å²) in [5.74, 6) is 0.256. The Bertz CT molecular complexity index is 1180. The Hall–Kier alpha value is -3.27. The van der Waals surface area contributed by atoms with Gasteiger partial charge in [-0.2, -0.15) is 0 Å². The molecule has 1 fully saturated rings. The molecule has 1 saturated heterocycles. The fourth-order valence-electron chi connectivity index (χ4n) is 3.94. The molecule has 1 unspecified atom stereocenters. The Kier molecular flexibility index (Phi) is 6.46. The molecule has 2 aromatic rings. The lowest BCUT2D eigenvalue weighted by molar-refractivity contribution is -0.122. The van der Waals surface area contributed by atoms with Crippen molar-refractivity contribution in [2.75, 3.05) is 40.5 Å². The Morgan fingerprint density at radius 1 is 1.12 bits per heavy atom. The minimum atomic E-state index is -3.45. The van der Waals surface area contributed by atoms with Crippen LogP contribution in [-0.4, -0.2) is 45.7 Å². The van der Waals surface area contributed by atoms with Crippen molar-refractivity contribution < 1.29 is 27.5 Å². The number of amides is 2. The molecule has 9 nitrogen and oxygen atoms in total. The van der Waals surface area contributed by atoms with E-state index in [1.807, 2.05) is 0 Å². The SMILES string of the molecule is CCCS(=O)(=O)Nc1cccc(NC(=O)C2CC(=O)N(c3ccc4c(c3)OCCO4)C2)c1C. The van der Waals surface area contributed by atoms with Gasteiger partial charge in [-0.1, -0.05) is 13.0 Å². The first-order valence-corrected chi connectivity index (χ1v) is 12.5. The van der Waals surface area contributed by atoms with Crippen molar-refractivity contribution >= 4 is 38.9 Å². The number of anilines is 3. The van der Waals surface area contributed by atoms with Crippen LogP contribution in [0.3, 0.4) is 0 Å². The third-order valence-electron chi connectivity index (χ3n) is 5.66. The number of hydrogen-bond acceptors (Lipinski definition) is 6. The maximum atomic E-state index is 12.9. The average molecular weight is 474 g/mol. The third-order valence-corrected chi connectivity index (χ3v) is 7.14. The van der Waals surface area contributed by atoms with E-state index in [0.29, 0.717) is 53.8 Å². The number of carbonyl (C=O) groups excluding carboxylic acids is 2. The predicted octanol–water partition coefficient (Wildman–Crippen LogP) is 2.91. The summed E-state index contributed by atoms with van der Waals surface area (Å²) < 4.78 is 38.0. The molecule has 2 aromatic carbocycles. The van der Waals surface area contributed by atoms with Crippen LogP contribution in [0.4, 0.5) is 17.1 Å². The Labute approximate surface area is 193 Å². The number of carbonyl (C=O) groups is 2. The van der Waals surface area contributed by atoms with Gasteiger partial charge in [-0.15, -0.1) is 0 Å². The molecule has 176 valence electrons. The van der Waals surface area contributed by atoms with Gasteiger partial charge in [-0.05, 0) is 43.2 Å². The first kappa shape index (κ1) is 22.9. The molecule has 0 radical (unpaired) electrons. The minimum absolute atomic E-state index is 0.0168. The van der Waals surface area contributed by atoms with E-state index in [1.54, 1.807) is 55.1 Å². The number of hydrogen-bond donors (Lipinski definition) is 2. The molecule has 0 saturated carbocycles. The number of sulfonamides is 1. The van der Waals surface area contributed by atoms with Gasteiger partial charge in [-0.3, -0.25) is 14.3 Å². The second-order valence-electron chi connectivity index (χ2n) is 8.12.